The lowest BCUT2D eigenvalue weighted by Gasteiger charge is -2.44. The van der Waals surface area contributed by atoms with Gasteiger partial charge in [0.25, 0.3) is 0 Å². The molecular formula is C22H23FN2OS. The summed E-state index contributed by atoms with van der Waals surface area (Å²) >= 11 is 1.57. The van der Waals surface area contributed by atoms with Crippen molar-refractivity contribution in [1.29, 1.82) is 0 Å². The summed E-state index contributed by atoms with van der Waals surface area (Å²) in [4.78, 5) is 17.4. The minimum absolute atomic E-state index is 0.0352. The lowest BCUT2D eigenvalue weighted by molar-refractivity contribution is 0.0993. The monoisotopic (exact) mass is 382 g/mol. The first-order chi connectivity index (χ1) is 13.1. The van der Waals surface area contributed by atoms with Gasteiger partial charge < -0.3 is 5.73 Å². The molecule has 1 heterocycles. The van der Waals surface area contributed by atoms with E-state index in [-0.39, 0.29) is 23.9 Å². The van der Waals surface area contributed by atoms with Crippen LogP contribution in [0.2, 0.25) is 0 Å². The summed E-state index contributed by atoms with van der Waals surface area (Å²) in [6.45, 7) is 0. The molecule has 1 fully saturated rings. The van der Waals surface area contributed by atoms with Crippen molar-refractivity contribution in [2.24, 2.45) is 16.6 Å². The second kappa shape index (κ2) is 7.47. The minimum Gasteiger partial charge on any atom is -0.379 e. The number of aliphatic imine (C=N–C) groups is 1. The molecule has 0 bridgehead atoms. The van der Waals surface area contributed by atoms with Crippen molar-refractivity contribution in [3.05, 3.63) is 71.0 Å². The number of fused-ring (bicyclic) bond motifs is 1. The highest BCUT2D eigenvalue weighted by Crippen LogP contribution is 2.49. The van der Waals surface area contributed by atoms with E-state index in [1.165, 1.54) is 6.07 Å². The highest BCUT2D eigenvalue weighted by atomic mass is 32.2. The van der Waals surface area contributed by atoms with Crippen LogP contribution in [0.3, 0.4) is 0 Å². The number of halogens is 1. The van der Waals surface area contributed by atoms with Crippen molar-refractivity contribution in [2.75, 3.05) is 5.75 Å². The van der Waals surface area contributed by atoms with Gasteiger partial charge in [-0.1, -0.05) is 61.0 Å². The lowest BCUT2D eigenvalue weighted by Crippen LogP contribution is -2.43. The molecule has 0 aromatic heterocycles. The van der Waals surface area contributed by atoms with Crippen LogP contribution in [0.4, 0.5) is 4.39 Å². The average Bonchev–Trinajstić information content (AvgIpc) is 2.69. The fourth-order valence-corrected chi connectivity index (χ4v) is 5.39. The van der Waals surface area contributed by atoms with Crippen LogP contribution >= 0.6 is 11.8 Å². The van der Waals surface area contributed by atoms with Gasteiger partial charge in [-0.2, -0.15) is 0 Å². The number of carbonyl (C=O) groups excluding carboxylic acids is 1. The second-order valence-electron chi connectivity index (χ2n) is 7.41. The Balaban J connectivity index is 1.70. The van der Waals surface area contributed by atoms with Crippen molar-refractivity contribution >= 4 is 22.7 Å². The van der Waals surface area contributed by atoms with E-state index in [1.54, 1.807) is 17.8 Å². The van der Waals surface area contributed by atoms with E-state index in [0.29, 0.717) is 16.3 Å². The quantitative estimate of drug-likeness (QED) is 0.780. The van der Waals surface area contributed by atoms with Gasteiger partial charge in [-0.05, 0) is 36.5 Å². The van der Waals surface area contributed by atoms with Gasteiger partial charge >= 0.3 is 0 Å². The highest BCUT2D eigenvalue weighted by molar-refractivity contribution is 8.13. The van der Waals surface area contributed by atoms with Crippen molar-refractivity contribution in [3.8, 4) is 0 Å². The molecule has 0 spiro atoms. The second-order valence-corrected chi connectivity index (χ2v) is 8.45. The Bertz CT molecular complexity index is 883. The number of hydrogen-bond donors (Lipinski definition) is 1. The van der Waals surface area contributed by atoms with Crippen molar-refractivity contribution in [2.45, 2.75) is 37.6 Å². The van der Waals surface area contributed by atoms with Gasteiger partial charge in [-0.15, -0.1) is 0 Å². The third kappa shape index (κ3) is 3.53. The molecule has 4 rings (SSSR count). The SMILES string of the molecule is NC1=N[C@@]2(c3cc(CC(=O)c4ccccc4)ccc3F)CCCC[C@H]2CS1. The number of Topliss-reactive ketones (excluding diaryl/α,β-unsaturated/α-hetero) is 1. The molecule has 0 radical (unpaired) electrons. The van der Waals surface area contributed by atoms with Crippen molar-refractivity contribution < 1.29 is 9.18 Å². The molecule has 140 valence electrons. The molecule has 0 amide bonds. The maximum atomic E-state index is 14.9. The molecule has 1 saturated carbocycles. The predicted octanol–water partition coefficient (Wildman–Crippen LogP) is 4.70. The molecular weight excluding hydrogens is 359 g/mol. The molecule has 1 aliphatic carbocycles. The first kappa shape index (κ1) is 18.2. The fourth-order valence-electron chi connectivity index (χ4n) is 4.35. The number of thioether (sulfide) groups is 1. The van der Waals surface area contributed by atoms with Crippen LogP contribution in [0, 0.1) is 11.7 Å². The highest BCUT2D eigenvalue weighted by Gasteiger charge is 2.46. The number of rotatable bonds is 4. The Morgan fingerprint density at radius 3 is 2.85 bits per heavy atom. The lowest BCUT2D eigenvalue weighted by atomic mass is 9.69. The molecule has 5 heteroatoms. The molecule has 27 heavy (non-hydrogen) atoms. The number of benzene rings is 2. The maximum Gasteiger partial charge on any atom is 0.167 e. The van der Waals surface area contributed by atoms with E-state index in [9.17, 15) is 9.18 Å². The van der Waals surface area contributed by atoms with Crippen LogP contribution in [0.25, 0.3) is 0 Å². The standard InChI is InChI=1S/C22H23FN2OS/c23-19-10-9-15(13-20(26)16-6-2-1-3-7-16)12-18(19)22-11-5-4-8-17(22)14-27-21(24)25-22/h1-3,6-7,9-10,12,17H,4-5,8,11,13-14H2,(H2,24,25)/t17-,22-/m0/s1. The van der Waals surface area contributed by atoms with E-state index in [1.807, 2.05) is 36.4 Å². The first-order valence-electron chi connectivity index (χ1n) is 9.44. The summed E-state index contributed by atoms with van der Waals surface area (Å²) < 4.78 is 14.9. The molecule has 2 aliphatic rings. The number of carbonyl (C=O) groups is 1. The van der Waals surface area contributed by atoms with E-state index in [4.69, 9.17) is 10.7 Å². The number of nitrogens with zero attached hydrogens (tertiary/aromatic N) is 1. The molecule has 2 aromatic carbocycles. The van der Waals surface area contributed by atoms with Gasteiger partial charge in [0, 0.05) is 23.3 Å². The van der Waals surface area contributed by atoms with Gasteiger partial charge in [0.1, 0.15) is 5.82 Å². The Labute approximate surface area is 163 Å². The van der Waals surface area contributed by atoms with Gasteiger partial charge in [0.15, 0.2) is 11.0 Å². The summed E-state index contributed by atoms with van der Waals surface area (Å²) in [7, 11) is 0. The maximum absolute atomic E-state index is 14.9. The van der Waals surface area contributed by atoms with Crippen LogP contribution in [0.15, 0.2) is 53.5 Å². The summed E-state index contributed by atoms with van der Waals surface area (Å²) in [5.41, 5.74) is 7.57. The molecule has 2 aromatic rings. The van der Waals surface area contributed by atoms with Crippen molar-refractivity contribution in [1.82, 2.24) is 0 Å². The van der Waals surface area contributed by atoms with E-state index in [0.717, 1.165) is 37.0 Å². The minimum atomic E-state index is -0.580. The number of hydrogen-bond acceptors (Lipinski definition) is 4. The van der Waals surface area contributed by atoms with Gasteiger partial charge in [-0.3, -0.25) is 9.79 Å². The fraction of sp³-hybridized carbons (Fsp3) is 0.364. The zero-order valence-electron chi connectivity index (χ0n) is 15.2. The Morgan fingerprint density at radius 2 is 2.04 bits per heavy atom. The van der Waals surface area contributed by atoms with Gasteiger partial charge in [0.2, 0.25) is 0 Å². The summed E-state index contributed by atoms with van der Waals surface area (Å²) in [6, 6.07) is 14.3. The smallest absolute Gasteiger partial charge is 0.167 e. The Hall–Kier alpha value is -2.14. The Morgan fingerprint density at radius 1 is 1.22 bits per heavy atom. The first-order valence-corrected chi connectivity index (χ1v) is 10.4. The van der Waals surface area contributed by atoms with Crippen LogP contribution in [0.1, 0.15) is 47.2 Å². The largest absolute Gasteiger partial charge is 0.379 e. The third-order valence-electron chi connectivity index (χ3n) is 5.74. The van der Waals surface area contributed by atoms with Gasteiger partial charge in [-0.25, -0.2) is 4.39 Å². The average molecular weight is 383 g/mol. The molecule has 1 aliphatic heterocycles. The van der Waals surface area contributed by atoms with Crippen LogP contribution in [0.5, 0.6) is 0 Å². The van der Waals surface area contributed by atoms with E-state index >= 15 is 0 Å². The predicted molar refractivity (Wildman–Crippen MR) is 109 cm³/mol. The zero-order chi connectivity index (χ0) is 18.9. The normalized spacial score (nSPS) is 24.8. The van der Waals surface area contributed by atoms with E-state index < -0.39 is 5.54 Å². The number of nitrogens with two attached hydrogens (primary N) is 1. The molecule has 2 N–H and O–H groups in total. The molecule has 3 nitrogen and oxygen atoms in total. The summed E-state index contributed by atoms with van der Waals surface area (Å²) in [5, 5.41) is 0.540. The summed E-state index contributed by atoms with van der Waals surface area (Å²) in [6.07, 6.45) is 4.27. The van der Waals surface area contributed by atoms with Crippen LogP contribution in [-0.4, -0.2) is 16.7 Å². The number of ketones is 1. The topological polar surface area (TPSA) is 55.4 Å². The molecule has 0 unspecified atom stereocenters. The third-order valence-corrected chi connectivity index (χ3v) is 6.69. The molecule has 0 saturated heterocycles. The van der Waals surface area contributed by atoms with E-state index in [2.05, 4.69) is 0 Å². The van der Waals surface area contributed by atoms with Gasteiger partial charge in [0.05, 0.1) is 5.54 Å². The summed E-state index contributed by atoms with van der Waals surface area (Å²) in [5.74, 6) is 0.953. The van der Waals surface area contributed by atoms with Crippen molar-refractivity contribution in [3.63, 3.8) is 0 Å². The van der Waals surface area contributed by atoms with Crippen LogP contribution < -0.4 is 5.73 Å². The molecule has 2 atom stereocenters. The van der Waals surface area contributed by atoms with Crippen LogP contribution in [-0.2, 0) is 12.0 Å². The number of amidine groups is 1. The Kier molecular flexibility index (Phi) is 5.04. The zero-order valence-corrected chi connectivity index (χ0v) is 16.0.